The summed E-state index contributed by atoms with van der Waals surface area (Å²) in [5, 5.41) is 7.87. The quantitative estimate of drug-likeness (QED) is 0.561. The van der Waals surface area contributed by atoms with Crippen molar-refractivity contribution in [1.82, 2.24) is 14.6 Å². The number of aromatic nitrogens is 3. The number of anilines is 1. The number of ether oxygens (including phenoxy) is 2. The molecule has 3 aromatic rings. The van der Waals surface area contributed by atoms with E-state index in [0.29, 0.717) is 17.2 Å². The minimum Gasteiger partial charge on any atom is -0.465 e. The van der Waals surface area contributed by atoms with Crippen LogP contribution in [0.15, 0.2) is 48.7 Å². The fourth-order valence-electron chi connectivity index (χ4n) is 2.68. The van der Waals surface area contributed by atoms with Crippen molar-refractivity contribution in [2.75, 3.05) is 24.7 Å². The topological polar surface area (TPSA) is 103 Å². The van der Waals surface area contributed by atoms with Gasteiger partial charge in [0.25, 0.3) is 5.91 Å². The molecule has 0 unspecified atom stereocenters. The van der Waals surface area contributed by atoms with Gasteiger partial charge in [-0.05, 0) is 38.1 Å². The van der Waals surface area contributed by atoms with Gasteiger partial charge in [0.1, 0.15) is 12.4 Å². The molecule has 0 spiro atoms. The molecule has 0 fully saturated rings. The lowest BCUT2D eigenvalue weighted by Crippen LogP contribution is -2.39. The molecule has 1 aromatic carbocycles. The number of carbonyl (C=O) groups excluding carboxylic acids is 3. The Morgan fingerprint density at radius 1 is 1.03 bits per heavy atom. The number of amides is 1. The zero-order valence-electron chi connectivity index (χ0n) is 16.1. The van der Waals surface area contributed by atoms with Crippen molar-refractivity contribution in [2.24, 2.45) is 0 Å². The highest BCUT2D eigenvalue weighted by molar-refractivity contribution is 6.00. The van der Waals surface area contributed by atoms with Crippen molar-refractivity contribution in [3.05, 3.63) is 60.0 Å². The number of fused-ring (bicyclic) bond motifs is 1. The van der Waals surface area contributed by atoms with Gasteiger partial charge in [-0.15, -0.1) is 10.2 Å². The van der Waals surface area contributed by atoms with Gasteiger partial charge in [-0.3, -0.25) is 18.9 Å². The third kappa shape index (κ3) is 4.75. The van der Waals surface area contributed by atoms with E-state index in [1.165, 1.54) is 4.90 Å². The maximum Gasteiger partial charge on any atom is 0.340 e. The van der Waals surface area contributed by atoms with E-state index in [2.05, 4.69) is 10.2 Å². The van der Waals surface area contributed by atoms with Crippen LogP contribution in [-0.2, 0) is 19.1 Å². The largest absolute Gasteiger partial charge is 0.465 e. The lowest BCUT2D eigenvalue weighted by Gasteiger charge is -2.21. The van der Waals surface area contributed by atoms with Crippen LogP contribution >= 0.6 is 0 Å². The first-order valence-corrected chi connectivity index (χ1v) is 8.99. The zero-order chi connectivity index (χ0) is 20.8. The average molecular weight is 396 g/mol. The molecule has 2 heterocycles. The lowest BCUT2D eigenvalue weighted by molar-refractivity contribution is -0.142. The summed E-state index contributed by atoms with van der Waals surface area (Å²) < 4.78 is 11.7. The minimum absolute atomic E-state index is 0.204. The van der Waals surface area contributed by atoms with Crippen molar-refractivity contribution >= 4 is 29.2 Å². The molecule has 0 N–H and O–H groups in total. The molecule has 0 saturated carbocycles. The molecule has 29 heavy (non-hydrogen) atoms. The van der Waals surface area contributed by atoms with E-state index in [-0.39, 0.29) is 18.7 Å². The number of aryl methyl sites for hydroxylation is 1. The number of nitrogens with zero attached hydrogens (tertiary/aromatic N) is 4. The lowest BCUT2D eigenvalue weighted by atomic mass is 10.2. The molecular weight excluding hydrogens is 376 g/mol. The molecule has 0 aliphatic heterocycles. The maximum atomic E-state index is 12.7. The van der Waals surface area contributed by atoms with Gasteiger partial charge in [0.05, 0.1) is 12.2 Å². The number of carbonyl (C=O) groups is 3. The first-order chi connectivity index (χ1) is 14.0. The van der Waals surface area contributed by atoms with Crippen molar-refractivity contribution in [3.63, 3.8) is 0 Å². The van der Waals surface area contributed by atoms with E-state index >= 15 is 0 Å². The third-order valence-corrected chi connectivity index (χ3v) is 4.10. The standard InChI is InChI=1S/C20H20N4O5/c1-3-28-19(26)12-24(16-7-5-4-6-8-16)18(25)13-29-20(27)15-9-10-17-22-21-14(2)23(17)11-15/h4-11H,3,12-13H2,1-2H3. The molecule has 9 nitrogen and oxygen atoms in total. The van der Waals surface area contributed by atoms with Crippen LogP contribution in [0, 0.1) is 6.92 Å². The summed E-state index contributed by atoms with van der Waals surface area (Å²) in [4.78, 5) is 38.1. The van der Waals surface area contributed by atoms with Gasteiger partial charge in [-0.2, -0.15) is 0 Å². The highest BCUT2D eigenvalue weighted by Gasteiger charge is 2.21. The number of hydrogen-bond donors (Lipinski definition) is 0. The van der Waals surface area contributed by atoms with E-state index in [1.54, 1.807) is 66.9 Å². The van der Waals surface area contributed by atoms with Crippen molar-refractivity contribution < 1.29 is 23.9 Å². The van der Waals surface area contributed by atoms with Crippen LogP contribution < -0.4 is 4.90 Å². The van der Waals surface area contributed by atoms with Gasteiger partial charge in [0.15, 0.2) is 12.3 Å². The summed E-state index contributed by atoms with van der Waals surface area (Å²) in [5.74, 6) is -1.14. The Hall–Kier alpha value is -3.75. The molecule has 0 bridgehead atoms. The summed E-state index contributed by atoms with van der Waals surface area (Å²) in [6.45, 7) is 2.84. The Morgan fingerprint density at radius 3 is 2.52 bits per heavy atom. The van der Waals surface area contributed by atoms with Gasteiger partial charge in [-0.25, -0.2) is 4.79 Å². The van der Waals surface area contributed by atoms with Crippen LogP contribution in [0.25, 0.3) is 5.65 Å². The average Bonchev–Trinajstić information content (AvgIpc) is 3.11. The third-order valence-electron chi connectivity index (χ3n) is 4.10. The fourth-order valence-corrected chi connectivity index (χ4v) is 2.68. The highest BCUT2D eigenvalue weighted by atomic mass is 16.5. The molecule has 150 valence electrons. The number of pyridine rings is 1. The Kier molecular flexibility index (Phi) is 6.18. The first-order valence-electron chi connectivity index (χ1n) is 8.99. The Labute approximate surface area is 166 Å². The van der Waals surface area contributed by atoms with Gasteiger partial charge < -0.3 is 9.47 Å². The molecule has 3 rings (SSSR count). The smallest absolute Gasteiger partial charge is 0.340 e. The normalized spacial score (nSPS) is 10.6. The summed E-state index contributed by atoms with van der Waals surface area (Å²) in [6.07, 6.45) is 1.55. The van der Waals surface area contributed by atoms with Crippen LogP contribution in [-0.4, -0.2) is 52.2 Å². The molecular formula is C20H20N4O5. The SMILES string of the molecule is CCOC(=O)CN(C(=O)COC(=O)c1ccc2nnc(C)n2c1)c1ccccc1. The number of para-hydroxylation sites is 1. The molecule has 0 atom stereocenters. The summed E-state index contributed by atoms with van der Waals surface area (Å²) in [6, 6.07) is 11.8. The second kappa shape index (κ2) is 8.96. The van der Waals surface area contributed by atoms with Crippen LogP contribution in [0.5, 0.6) is 0 Å². The van der Waals surface area contributed by atoms with Gasteiger partial charge in [0.2, 0.25) is 0 Å². The molecule has 1 amide bonds. The van der Waals surface area contributed by atoms with E-state index in [4.69, 9.17) is 9.47 Å². The van der Waals surface area contributed by atoms with Crippen molar-refractivity contribution in [3.8, 4) is 0 Å². The molecule has 0 aliphatic rings. The Morgan fingerprint density at radius 2 is 1.79 bits per heavy atom. The van der Waals surface area contributed by atoms with Gasteiger partial charge in [-0.1, -0.05) is 18.2 Å². The van der Waals surface area contributed by atoms with E-state index in [0.717, 1.165) is 0 Å². The molecule has 0 aliphatic carbocycles. The summed E-state index contributed by atoms with van der Waals surface area (Å²) >= 11 is 0. The predicted molar refractivity (Wildman–Crippen MR) is 103 cm³/mol. The Balaban J connectivity index is 1.70. The van der Waals surface area contributed by atoms with E-state index in [1.807, 2.05) is 0 Å². The second-order valence-electron chi connectivity index (χ2n) is 6.09. The number of esters is 2. The zero-order valence-corrected chi connectivity index (χ0v) is 16.1. The first kappa shape index (κ1) is 20.0. The fraction of sp³-hybridized carbons (Fsp3) is 0.250. The van der Waals surface area contributed by atoms with Crippen LogP contribution in [0.1, 0.15) is 23.1 Å². The van der Waals surface area contributed by atoms with Crippen LogP contribution in [0.2, 0.25) is 0 Å². The summed E-state index contributed by atoms with van der Waals surface area (Å²) in [5.41, 5.74) is 1.35. The van der Waals surface area contributed by atoms with Gasteiger partial charge >= 0.3 is 11.9 Å². The molecule has 0 saturated heterocycles. The van der Waals surface area contributed by atoms with Crippen LogP contribution in [0.3, 0.4) is 0 Å². The number of hydrogen-bond acceptors (Lipinski definition) is 7. The monoisotopic (exact) mass is 396 g/mol. The maximum absolute atomic E-state index is 12.7. The number of benzene rings is 1. The molecule has 0 radical (unpaired) electrons. The van der Waals surface area contributed by atoms with Crippen molar-refractivity contribution in [1.29, 1.82) is 0 Å². The minimum atomic E-state index is -0.669. The van der Waals surface area contributed by atoms with E-state index in [9.17, 15) is 14.4 Å². The van der Waals surface area contributed by atoms with E-state index < -0.39 is 24.5 Å². The predicted octanol–water partition coefficient (Wildman–Crippen LogP) is 1.79. The Bertz CT molecular complexity index is 1030. The van der Waals surface area contributed by atoms with Crippen LogP contribution in [0.4, 0.5) is 5.69 Å². The van der Waals surface area contributed by atoms with Crippen molar-refractivity contribution in [2.45, 2.75) is 13.8 Å². The summed E-state index contributed by atoms with van der Waals surface area (Å²) in [7, 11) is 0. The molecule has 2 aromatic heterocycles. The van der Waals surface area contributed by atoms with Gasteiger partial charge in [0, 0.05) is 11.9 Å². The number of rotatable bonds is 7. The highest BCUT2D eigenvalue weighted by Crippen LogP contribution is 2.14. The second-order valence-corrected chi connectivity index (χ2v) is 6.09. The molecule has 9 heteroatoms.